The summed E-state index contributed by atoms with van der Waals surface area (Å²) in [4.78, 5) is 37.1. The van der Waals surface area contributed by atoms with Gasteiger partial charge in [-0.05, 0) is 19.1 Å². The van der Waals surface area contributed by atoms with Gasteiger partial charge in [0.25, 0.3) is 5.56 Å². The van der Waals surface area contributed by atoms with Gasteiger partial charge in [0.05, 0.1) is 10.9 Å². The first-order valence-electron chi connectivity index (χ1n) is 6.12. The number of aryl methyl sites for hydroxylation is 1. The molecule has 1 heterocycles. The summed E-state index contributed by atoms with van der Waals surface area (Å²) in [5.74, 6) is -0.121. The lowest BCUT2D eigenvalue weighted by atomic mass is 10.2. The van der Waals surface area contributed by atoms with E-state index in [1.807, 2.05) is 6.92 Å². The Balaban J connectivity index is 2.40. The minimum atomic E-state index is -0.493. The normalized spacial score (nSPS) is 10.6. The molecule has 1 aromatic heterocycles. The second kappa shape index (κ2) is 5.51. The Kier molecular flexibility index (Phi) is 3.79. The van der Waals surface area contributed by atoms with E-state index in [0.29, 0.717) is 17.4 Å². The molecule has 2 rings (SSSR count). The van der Waals surface area contributed by atoms with Crippen molar-refractivity contribution in [3.05, 3.63) is 45.1 Å². The summed E-state index contributed by atoms with van der Waals surface area (Å²) < 4.78 is 1.41. The fourth-order valence-electron chi connectivity index (χ4n) is 1.96. The Morgan fingerprint density at radius 3 is 2.79 bits per heavy atom. The Hall–Kier alpha value is -2.37. The van der Waals surface area contributed by atoms with Crippen molar-refractivity contribution in [3.63, 3.8) is 0 Å². The SMILES string of the molecule is CCNC(=O)CCn1c(=O)[nH]c(=O)c2ccccc21. The first kappa shape index (κ1) is 13.1. The van der Waals surface area contributed by atoms with Crippen molar-refractivity contribution in [1.82, 2.24) is 14.9 Å². The number of fused-ring (bicyclic) bond motifs is 1. The number of H-pyrrole nitrogens is 1. The average molecular weight is 261 g/mol. The van der Waals surface area contributed by atoms with Gasteiger partial charge in [-0.15, -0.1) is 0 Å². The molecule has 19 heavy (non-hydrogen) atoms. The number of carbonyl (C=O) groups excluding carboxylic acids is 1. The van der Waals surface area contributed by atoms with E-state index in [0.717, 1.165) is 0 Å². The van der Waals surface area contributed by atoms with Crippen molar-refractivity contribution < 1.29 is 4.79 Å². The van der Waals surface area contributed by atoms with E-state index in [-0.39, 0.29) is 18.9 Å². The molecule has 0 atom stereocenters. The number of amides is 1. The third-order valence-electron chi connectivity index (χ3n) is 2.84. The van der Waals surface area contributed by atoms with E-state index in [4.69, 9.17) is 0 Å². The highest BCUT2D eigenvalue weighted by Gasteiger charge is 2.08. The van der Waals surface area contributed by atoms with Crippen LogP contribution in [0.1, 0.15) is 13.3 Å². The maximum atomic E-state index is 11.8. The molecule has 0 saturated carbocycles. The summed E-state index contributed by atoms with van der Waals surface area (Å²) in [6, 6.07) is 6.83. The van der Waals surface area contributed by atoms with Crippen LogP contribution in [0.2, 0.25) is 0 Å². The van der Waals surface area contributed by atoms with Gasteiger partial charge >= 0.3 is 5.69 Å². The standard InChI is InChI=1S/C13H15N3O3/c1-2-14-11(17)7-8-16-10-6-4-3-5-9(10)12(18)15-13(16)19/h3-6H,2,7-8H2,1H3,(H,14,17)(H,15,18,19). The number of hydrogen-bond acceptors (Lipinski definition) is 3. The Bertz CT molecular complexity index is 715. The lowest BCUT2D eigenvalue weighted by Gasteiger charge is -2.09. The number of para-hydroxylation sites is 1. The average Bonchev–Trinajstić information content (AvgIpc) is 2.39. The van der Waals surface area contributed by atoms with Crippen molar-refractivity contribution >= 4 is 16.8 Å². The summed E-state index contributed by atoms with van der Waals surface area (Å²) >= 11 is 0. The smallest absolute Gasteiger partial charge is 0.328 e. The maximum absolute atomic E-state index is 11.8. The topological polar surface area (TPSA) is 84.0 Å². The molecule has 2 N–H and O–H groups in total. The van der Waals surface area contributed by atoms with Crippen LogP contribution < -0.4 is 16.6 Å². The highest BCUT2D eigenvalue weighted by Crippen LogP contribution is 2.06. The molecule has 100 valence electrons. The molecule has 0 bridgehead atoms. The highest BCUT2D eigenvalue weighted by atomic mass is 16.2. The number of aromatic amines is 1. The summed E-state index contributed by atoms with van der Waals surface area (Å²) in [6.45, 7) is 2.63. The second-order valence-corrected chi connectivity index (χ2v) is 4.13. The van der Waals surface area contributed by atoms with Crippen LogP contribution in [0.25, 0.3) is 10.9 Å². The zero-order valence-corrected chi connectivity index (χ0v) is 10.6. The molecule has 0 radical (unpaired) electrons. The van der Waals surface area contributed by atoms with Gasteiger partial charge in [0.15, 0.2) is 0 Å². The summed E-state index contributed by atoms with van der Waals surface area (Å²) in [5.41, 5.74) is -0.358. The number of rotatable bonds is 4. The van der Waals surface area contributed by atoms with Crippen molar-refractivity contribution in [2.45, 2.75) is 19.9 Å². The van der Waals surface area contributed by atoms with Crippen molar-refractivity contribution in [3.8, 4) is 0 Å². The molecule has 0 fully saturated rings. The largest absolute Gasteiger partial charge is 0.356 e. The van der Waals surface area contributed by atoms with Crippen LogP contribution in [0, 0.1) is 0 Å². The second-order valence-electron chi connectivity index (χ2n) is 4.13. The molecule has 2 aromatic rings. The van der Waals surface area contributed by atoms with E-state index in [1.54, 1.807) is 24.3 Å². The minimum absolute atomic E-state index is 0.121. The van der Waals surface area contributed by atoms with E-state index in [9.17, 15) is 14.4 Å². The molecule has 0 unspecified atom stereocenters. The van der Waals surface area contributed by atoms with Gasteiger partial charge in [-0.25, -0.2) is 4.79 Å². The van der Waals surface area contributed by atoms with Crippen LogP contribution in [0.3, 0.4) is 0 Å². The van der Waals surface area contributed by atoms with Crippen LogP contribution in [0.15, 0.2) is 33.9 Å². The quantitative estimate of drug-likeness (QED) is 0.825. The highest BCUT2D eigenvalue weighted by molar-refractivity contribution is 5.78. The van der Waals surface area contributed by atoms with Crippen LogP contribution in [0.4, 0.5) is 0 Å². The van der Waals surface area contributed by atoms with Gasteiger partial charge < -0.3 is 5.32 Å². The van der Waals surface area contributed by atoms with E-state index in [1.165, 1.54) is 4.57 Å². The van der Waals surface area contributed by atoms with Crippen LogP contribution in [-0.4, -0.2) is 22.0 Å². The maximum Gasteiger partial charge on any atom is 0.328 e. The molecular weight excluding hydrogens is 246 g/mol. The van der Waals surface area contributed by atoms with Crippen LogP contribution in [-0.2, 0) is 11.3 Å². The Morgan fingerprint density at radius 2 is 2.05 bits per heavy atom. The summed E-state index contributed by atoms with van der Waals surface area (Å²) in [6.07, 6.45) is 0.198. The van der Waals surface area contributed by atoms with E-state index >= 15 is 0 Å². The van der Waals surface area contributed by atoms with Gasteiger partial charge in [0.1, 0.15) is 0 Å². The van der Waals surface area contributed by atoms with Crippen LogP contribution in [0.5, 0.6) is 0 Å². The summed E-state index contributed by atoms with van der Waals surface area (Å²) in [5, 5.41) is 3.11. The molecule has 0 saturated heterocycles. The molecule has 0 spiro atoms. The fourth-order valence-corrected chi connectivity index (χ4v) is 1.96. The monoisotopic (exact) mass is 261 g/mol. The Morgan fingerprint density at radius 1 is 1.32 bits per heavy atom. The Labute approximate surface area is 109 Å². The molecule has 1 amide bonds. The summed E-state index contributed by atoms with van der Waals surface area (Å²) in [7, 11) is 0. The number of nitrogens with one attached hydrogen (secondary N) is 2. The lowest BCUT2D eigenvalue weighted by molar-refractivity contribution is -0.121. The van der Waals surface area contributed by atoms with Gasteiger partial charge in [-0.2, -0.15) is 0 Å². The van der Waals surface area contributed by atoms with Crippen molar-refractivity contribution in [2.75, 3.05) is 6.54 Å². The van der Waals surface area contributed by atoms with E-state index in [2.05, 4.69) is 10.3 Å². The molecule has 0 aliphatic carbocycles. The van der Waals surface area contributed by atoms with Crippen molar-refractivity contribution in [2.24, 2.45) is 0 Å². The predicted molar refractivity (Wildman–Crippen MR) is 72.1 cm³/mol. The van der Waals surface area contributed by atoms with Gasteiger partial charge in [-0.1, -0.05) is 12.1 Å². The van der Waals surface area contributed by atoms with E-state index < -0.39 is 11.2 Å². The third kappa shape index (κ3) is 2.73. The van der Waals surface area contributed by atoms with Crippen LogP contribution >= 0.6 is 0 Å². The third-order valence-corrected chi connectivity index (χ3v) is 2.84. The first-order chi connectivity index (χ1) is 9.13. The number of carbonyl (C=O) groups is 1. The minimum Gasteiger partial charge on any atom is -0.356 e. The van der Waals surface area contributed by atoms with Gasteiger partial charge in [0, 0.05) is 19.5 Å². The molecule has 6 nitrogen and oxygen atoms in total. The molecule has 1 aromatic carbocycles. The lowest BCUT2D eigenvalue weighted by Crippen LogP contribution is -2.32. The molecule has 0 aliphatic heterocycles. The predicted octanol–water partition coefficient (Wildman–Crippen LogP) is 0.216. The number of nitrogens with zero attached hydrogens (tertiary/aromatic N) is 1. The number of hydrogen-bond donors (Lipinski definition) is 2. The first-order valence-corrected chi connectivity index (χ1v) is 6.12. The molecule has 0 aliphatic rings. The fraction of sp³-hybridized carbons (Fsp3) is 0.308. The number of aromatic nitrogens is 2. The molecule has 6 heteroatoms. The zero-order chi connectivity index (χ0) is 13.8. The van der Waals surface area contributed by atoms with Gasteiger partial charge in [-0.3, -0.25) is 19.1 Å². The van der Waals surface area contributed by atoms with Crippen molar-refractivity contribution in [1.29, 1.82) is 0 Å². The number of benzene rings is 1. The zero-order valence-electron chi connectivity index (χ0n) is 10.6. The molecular formula is C13H15N3O3. The van der Waals surface area contributed by atoms with Gasteiger partial charge in [0.2, 0.25) is 5.91 Å².